The van der Waals surface area contributed by atoms with E-state index in [2.05, 4.69) is 36.1 Å². The van der Waals surface area contributed by atoms with E-state index in [1.807, 2.05) is 20.8 Å². The van der Waals surface area contributed by atoms with E-state index in [-0.39, 0.29) is 11.6 Å². The molecule has 116 valence electrons. The molecule has 0 spiro atoms. The summed E-state index contributed by atoms with van der Waals surface area (Å²) in [7, 11) is 0. The van der Waals surface area contributed by atoms with Crippen LogP contribution in [0.5, 0.6) is 0 Å². The van der Waals surface area contributed by atoms with Gasteiger partial charge in [0.25, 0.3) is 0 Å². The van der Waals surface area contributed by atoms with Crippen LogP contribution in [0.1, 0.15) is 51.7 Å². The zero-order valence-corrected chi connectivity index (χ0v) is 13.7. The van der Waals surface area contributed by atoms with Crippen LogP contribution in [0.15, 0.2) is 24.3 Å². The van der Waals surface area contributed by atoms with Gasteiger partial charge in [-0.15, -0.1) is 0 Å². The molecule has 0 fully saturated rings. The normalized spacial score (nSPS) is 19.1. The Balaban J connectivity index is 1.81. The Morgan fingerprint density at radius 3 is 2.62 bits per heavy atom. The number of nitrogens with zero attached hydrogens (tertiary/aromatic N) is 1. The summed E-state index contributed by atoms with van der Waals surface area (Å²) in [5.74, 6) is -0.0902. The first-order valence-corrected chi connectivity index (χ1v) is 7.88. The van der Waals surface area contributed by atoms with Crippen molar-refractivity contribution in [2.45, 2.75) is 65.1 Å². The van der Waals surface area contributed by atoms with Crippen LogP contribution in [0.25, 0.3) is 0 Å². The van der Waals surface area contributed by atoms with Crippen molar-refractivity contribution in [1.82, 2.24) is 4.90 Å². The Hall–Kier alpha value is -1.35. The number of fused-ring (bicyclic) bond motifs is 1. The standard InChI is InChI=1S/C18H27NO2/c1-14-12-15-8-5-6-9-16(15)13-19(14)11-7-10-17(20)21-18(2,3)4/h5-6,8-9,14H,7,10-13H2,1-4H3/t14-/m0/s1. The molecule has 0 N–H and O–H groups in total. The summed E-state index contributed by atoms with van der Waals surface area (Å²) in [6.45, 7) is 9.95. The second kappa shape index (κ2) is 6.61. The highest BCUT2D eigenvalue weighted by atomic mass is 16.6. The number of rotatable bonds is 4. The summed E-state index contributed by atoms with van der Waals surface area (Å²) >= 11 is 0. The van der Waals surface area contributed by atoms with Gasteiger partial charge in [0, 0.05) is 19.0 Å². The van der Waals surface area contributed by atoms with Crippen LogP contribution < -0.4 is 0 Å². The van der Waals surface area contributed by atoms with E-state index in [1.165, 1.54) is 11.1 Å². The number of benzene rings is 1. The van der Waals surface area contributed by atoms with Gasteiger partial charge >= 0.3 is 5.97 Å². The Morgan fingerprint density at radius 1 is 1.29 bits per heavy atom. The maximum absolute atomic E-state index is 11.7. The van der Waals surface area contributed by atoms with Crippen molar-refractivity contribution in [2.24, 2.45) is 0 Å². The quantitative estimate of drug-likeness (QED) is 0.794. The van der Waals surface area contributed by atoms with Crippen molar-refractivity contribution in [2.75, 3.05) is 6.54 Å². The zero-order valence-electron chi connectivity index (χ0n) is 13.7. The van der Waals surface area contributed by atoms with Crippen LogP contribution in [0.3, 0.4) is 0 Å². The molecule has 0 saturated heterocycles. The maximum Gasteiger partial charge on any atom is 0.306 e. The fraction of sp³-hybridized carbons (Fsp3) is 0.611. The average molecular weight is 289 g/mol. The third-order valence-corrected chi connectivity index (χ3v) is 3.88. The molecule has 1 aromatic rings. The molecular formula is C18H27NO2. The van der Waals surface area contributed by atoms with E-state index in [0.717, 1.165) is 25.9 Å². The number of hydrogen-bond acceptors (Lipinski definition) is 3. The predicted octanol–water partition coefficient (Wildman–Crippen LogP) is 3.56. The first-order chi connectivity index (χ1) is 9.85. The van der Waals surface area contributed by atoms with E-state index in [1.54, 1.807) is 0 Å². The highest BCUT2D eigenvalue weighted by molar-refractivity contribution is 5.69. The Kier molecular flexibility index (Phi) is 5.04. The van der Waals surface area contributed by atoms with E-state index in [9.17, 15) is 4.79 Å². The van der Waals surface area contributed by atoms with Crippen molar-refractivity contribution < 1.29 is 9.53 Å². The lowest BCUT2D eigenvalue weighted by molar-refractivity contribution is -0.155. The van der Waals surface area contributed by atoms with Crippen LogP contribution in [-0.4, -0.2) is 29.1 Å². The number of carbonyl (C=O) groups excluding carboxylic acids is 1. The Labute approximate surface area is 128 Å². The second-order valence-corrected chi connectivity index (χ2v) is 6.98. The summed E-state index contributed by atoms with van der Waals surface area (Å²) in [5.41, 5.74) is 2.51. The lowest BCUT2D eigenvalue weighted by Crippen LogP contribution is -2.39. The smallest absolute Gasteiger partial charge is 0.306 e. The highest BCUT2D eigenvalue weighted by Gasteiger charge is 2.22. The van der Waals surface area contributed by atoms with Crippen molar-refractivity contribution in [3.05, 3.63) is 35.4 Å². The molecule has 3 nitrogen and oxygen atoms in total. The molecule has 1 atom stereocenters. The third-order valence-electron chi connectivity index (χ3n) is 3.88. The van der Waals surface area contributed by atoms with Crippen LogP contribution in [0.4, 0.5) is 0 Å². The SMILES string of the molecule is C[C@H]1Cc2ccccc2CN1CCCC(=O)OC(C)(C)C. The molecule has 2 rings (SSSR count). The predicted molar refractivity (Wildman–Crippen MR) is 85.1 cm³/mol. The molecule has 1 aromatic carbocycles. The lowest BCUT2D eigenvalue weighted by atomic mass is 9.95. The molecule has 0 radical (unpaired) electrons. The number of ether oxygens (including phenoxy) is 1. The van der Waals surface area contributed by atoms with Gasteiger partial charge < -0.3 is 4.74 Å². The minimum Gasteiger partial charge on any atom is -0.460 e. The summed E-state index contributed by atoms with van der Waals surface area (Å²) in [6, 6.07) is 9.20. The monoisotopic (exact) mass is 289 g/mol. The summed E-state index contributed by atoms with van der Waals surface area (Å²) in [4.78, 5) is 14.2. The average Bonchev–Trinajstić information content (AvgIpc) is 2.37. The van der Waals surface area contributed by atoms with Crippen LogP contribution >= 0.6 is 0 Å². The van der Waals surface area contributed by atoms with E-state index in [4.69, 9.17) is 4.74 Å². The number of esters is 1. The van der Waals surface area contributed by atoms with Gasteiger partial charge in [0.15, 0.2) is 0 Å². The molecule has 1 aliphatic heterocycles. The lowest BCUT2D eigenvalue weighted by Gasteiger charge is -2.34. The number of hydrogen-bond donors (Lipinski definition) is 0. The molecule has 0 saturated carbocycles. The third kappa shape index (κ3) is 4.85. The highest BCUT2D eigenvalue weighted by Crippen LogP contribution is 2.23. The maximum atomic E-state index is 11.7. The topological polar surface area (TPSA) is 29.5 Å². The van der Waals surface area contributed by atoms with Crippen molar-refractivity contribution in [3.63, 3.8) is 0 Å². The Bertz CT molecular complexity index is 490. The molecule has 3 heteroatoms. The van der Waals surface area contributed by atoms with Crippen LogP contribution in [-0.2, 0) is 22.5 Å². The van der Waals surface area contributed by atoms with Crippen molar-refractivity contribution in [1.29, 1.82) is 0 Å². The molecule has 1 heterocycles. The zero-order chi connectivity index (χ0) is 15.5. The van der Waals surface area contributed by atoms with E-state index in [0.29, 0.717) is 12.5 Å². The van der Waals surface area contributed by atoms with Gasteiger partial charge in [-0.25, -0.2) is 0 Å². The molecule has 0 amide bonds. The largest absolute Gasteiger partial charge is 0.460 e. The molecular weight excluding hydrogens is 262 g/mol. The van der Waals surface area contributed by atoms with Crippen molar-refractivity contribution >= 4 is 5.97 Å². The van der Waals surface area contributed by atoms with Gasteiger partial charge in [0.05, 0.1) is 0 Å². The molecule has 0 aromatic heterocycles. The minimum absolute atomic E-state index is 0.0902. The Morgan fingerprint density at radius 2 is 1.95 bits per heavy atom. The van der Waals surface area contributed by atoms with E-state index >= 15 is 0 Å². The first kappa shape index (κ1) is 16.0. The van der Waals surface area contributed by atoms with Gasteiger partial charge in [-0.3, -0.25) is 9.69 Å². The first-order valence-electron chi connectivity index (χ1n) is 7.88. The second-order valence-electron chi connectivity index (χ2n) is 6.98. The molecule has 0 unspecified atom stereocenters. The summed E-state index contributed by atoms with van der Waals surface area (Å²) < 4.78 is 5.35. The van der Waals surface area contributed by atoms with Gasteiger partial charge in [-0.1, -0.05) is 24.3 Å². The molecule has 0 bridgehead atoms. The molecule has 0 aliphatic carbocycles. The fourth-order valence-corrected chi connectivity index (χ4v) is 2.85. The molecule has 21 heavy (non-hydrogen) atoms. The summed E-state index contributed by atoms with van der Waals surface area (Å²) in [5, 5.41) is 0. The van der Waals surface area contributed by atoms with Crippen LogP contribution in [0.2, 0.25) is 0 Å². The minimum atomic E-state index is -0.381. The van der Waals surface area contributed by atoms with Crippen LogP contribution in [0, 0.1) is 0 Å². The summed E-state index contributed by atoms with van der Waals surface area (Å²) in [6.07, 6.45) is 2.46. The van der Waals surface area contributed by atoms with Gasteiger partial charge in [0.2, 0.25) is 0 Å². The van der Waals surface area contributed by atoms with E-state index < -0.39 is 0 Å². The van der Waals surface area contributed by atoms with Gasteiger partial charge in [0.1, 0.15) is 5.60 Å². The fourth-order valence-electron chi connectivity index (χ4n) is 2.85. The number of carbonyl (C=O) groups is 1. The van der Waals surface area contributed by atoms with Gasteiger partial charge in [-0.2, -0.15) is 0 Å². The molecule has 1 aliphatic rings. The van der Waals surface area contributed by atoms with Crippen molar-refractivity contribution in [3.8, 4) is 0 Å². The van der Waals surface area contributed by atoms with Gasteiger partial charge in [-0.05, 0) is 58.2 Å².